The highest BCUT2D eigenvalue weighted by Crippen LogP contribution is 2.23. The maximum atomic E-state index is 13.4. The summed E-state index contributed by atoms with van der Waals surface area (Å²) in [6, 6.07) is 17.5. The molecule has 0 heterocycles. The first-order valence-electron chi connectivity index (χ1n) is 8.53. The number of hydrogen-bond acceptors (Lipinski definition) is 3. The molecule has 150 valence electrons. The van der Waals surface area contributed by atoms with E-state index in [0.29, 0.717) is 16.1 Å². The molecule has 0 aromatic heterocycles. The van der Waals surface area contributed by atoms with E-state index in [1.54, 1.807) is 48.5 Å². The Morgan fingerprint density at radius 3 is 2.31 bits per heavy atom. The van der Waals surface area contributed by atoms with E-state index in [4.69, 9.17) is 27.2 Å². The summed E-state index contributed by atoms with van der Waals surface area (Å²) < 4.78 is 18.8. The molecule has 7 heteroatoms. The van der Waals surface area contributed by atoms with Crippen LogP contribution in [0.3, 0.4) is 0 Å². The van der Waals surface area contributed by atoms with Gasteiger partial charge in [0.2, 0.25) is 0 Å². The van der Waals surface area contributed by atoms with Crippen LogP contribution >= 0.6 is 11.6 Å². The number of aromatic carboxylic acids is 1. The van der Waals surface area contributed by atoms with Crippen LogP contribution in [0.15, 0.2) is 66.7 Å². The molecule has 0 aliphatic rings. The molecule has 5 nitrogen and oxygen atoms in total. The molecular weight excluding hydrogens is 397 g/mol. The van der Waals surface area contributed by atoms with Crippen LogP contribution in [-0.4, -0.2) is 17.0 Å². The van der Waals surface area contributed by atoms with Crippen LogP contribution in [0, 0.1) is 12.7 Å². The van der Waals surface area contributed by atoms with Crippen LogP contribution in [0.4, 0.5) is 4.39 Å². The van der Waals surface area contributed by atoms with Gasteiger partial charge in [-0.25, -0.2) is 9.18 Å². The van der Waals surface area contributed by atoms with Crippen molar-refractivity contribution in [2.24, 2.45) is 5.73 Å². The second-order valence-electron chi connectivity index (χ2n) is 6.06. The Morgan fingerprint density at radius 2 is 1.72 bits per heavy atom. The number of ether oxygens (including phenoxy) is 1. The number of primary amides is 1. The van der Waals surface area contributed by atoms with Crippen molar-refractivity contribution >= 4 is 23.5 Å². The number of carbonyl (C=O) groups excluding carboxylic acids is 1. The number of carboxylic acids is 1. The summed E-state index contributed by atoms with van der Waals surface area (Å²) >= 11 is 5.78. The van der Waals surface area contributed by atoms with Gasteiger partial charge in [-0.05, 0) is 43.3 Å². The van der Waals surface area contributed by atoms with Crippen LogP contribution in [0.2, 0.25) is 5.02 Å². The number of rotatable bonds is 5. The average molecular weight is 416 g/mol. The Morgan fingerprint density at radius 1 is 1.07 bits per heavy atom. The minimum absolute atomic E-state index is 0.00852. The third kappa shape index (κ3) is 6.62. The SMILES string of the molecule is Cc1ccc(C(=O)O)cc1.NC(=O)c1cc(Cl)ccc1OCc1ccccc1F. The lowest BCUT2D eigenvalue weighted by Gasteiger charge is -2.10. The minimum atomic E-state index is -0.875. The number of aryl methyl sites for hydroxylation is 1. The quantitative estimate of drug-likeness (QED) is 0.623. The van der Waals surface area contributed by atoms with Crippen molar-refractivity contribution in [2.45, 2.75) is 13.5 Å². The van der Waals surface area contributed by atoms with Crippen LogP contribution in [0.5, 0.6) is 5.75 Å². The van der Waals surface area contributed by atoms with Crippen molar-refractivity contribution < 1.29 is 23.8 Å². The zero-order valence-electron chi connectivity index (χ0n) is 15.6. The number of hydrogen-bond donors (Lipinski definition) is 2. The molecule has 0 aliphatic heterocycles. The number of benzene rings is 3. The Labute approximate surface area is 172 Å². The fraction of sp³-hybridized carbons (Fsp3) is 0.0909. The van der Waals surface area contributed by atoms with E-state index in [2.05, 4.69) is 0 Å². The lowest BCUT2D eigenvalue weighted by Crippen LogP contribution is -2.13. The summed E-state index contributed by atoms with van der Waals surface area (Å²) in [7, 11) is 0. The van der Waals surface area contributed by atoms with Gasteiger partial charge in [0.25, 0.3) is 5.91 Å². The van der Waals surface area contributed by atoms with Crippen molar-refractivity contribution in [2.75, 3.05) is 0 Å². The molecule has 0 radical (unpaired) electrons. The first-order chi connectivity index (χ1) is 13.8. The maximum absolute atomic E-state index is 13.4. The summed E-state index contributed by atoms with van der Waals surface area (Å²) in [5.74, 6) is -1.61. The van der Waals surface area contributed by atoms with Gasteiger partial charge in [-0.15, -0.1) is 0 Å². The van der Waals surface area contributed by atoms with E-state index in [1.807, 2.05) is 6.92 Å². The van der Waals surface area contributed by atoms with Gasteiger partial charge in [-0.3, -0.25) is 4.79 Å². The zero-order valence-corrected chi connectivity index (χ0v) is 16.3. The lowest BCUT2D eigenvalue weighted by molar-refractivity contribution is 0.0696. The van der Waals surface area contributed by atoms with Gasteiger partial charge in [0.1, 0.15) is 18.2 Å². The first kappa shape index (κ1) is 21.9. The van der Waals surface area contributed by atoms with Crippen LogP contribution in [0.25, 0.3) is 0 Å². The first-order valence-corrected chi connectivity index (χ1v) is 8.91. The van der Waals surface area contributed by atoms with Gasteiger partial charge >= 0.3 is 5.97 Å². The molecule has 0 fully saturated rings. The molecule has 0 atom stereocenters. The standard InChI is InChI=1S/C14H11ClFNO2.C8H8O2/c15-10-5-6-13(11(7-10)14(17)18)19-8-9-3-1-2-4-12(9)16;1-6-2-4-7(5-3-6)8(9)10/h1-7H,8H2,(H2,17,18);2-5H,1H3,(H,9,10). The Balaban J connectivity index is 0.000000253. The molecule has 0 bridgehead atoms. The monoisotopic (exact) mass is 415 g/mol. The summed E-state index contributed by atoms with van der Waals surface area (Å²) in [6.07, 6.45) is 0. The predicted octanol–water partition coefficient (Wildman–Crippen LogP) is 4.85. The Bertz CT molecular complexity index is 1010. The van der Waals surface area contributed by atoms with Crippen molar-refractivity contribution in [3.05, 3.63) is 99.8 Å². The van der Waals surface area contributed by atoms with Gasteiger partial charge in [0, 0.05) is 10.6 Å². The summed E-state index contributed by atoms with van der Waals surface area (Å²) in [6.45, 7) is 1.93. The smallest absolute Gasteiger partial charge is 0.335 e. The fourth-order valence-corrected chi connectivity index (χ4v) is 2.46. The van der Waals surface area contributed by atoms with Gasteiger partial charge in [-0.1, -0.05) is 47.5 Å². The molecule has 29 heavy (non-hydrogen) atoms. The molecular formula is C22H19ClFNO4. The predicted molar refractivity (Wildman–Crippen MR) is 109 cm³/mol. The highest BCUT2D eigenvalue weighted by Gasteiger charge is 2.11. The maximum Gasteiger partial charge on any atom is 0.335 e. The number of amides is 1. The number of nitrogens with two attached hydrogens (primary N) is 1. The Kier molecular flexibility index (Phi) is 7.74. The molecule has 3 N–H and O–H groups in total. The second-order valence-corrected chi connectivity index (χ2v) is 6.49. The molecule has 0 unspecified atom stereocenters. The molecule has 0 spiro atoms. The highest BCUT2D eigenvalue weighted by molar-refractivity contribution is 6.31. The van der Waals surface area contributed by atoms with Gasteiger partial charge in [0.15, 0.2) is 0 Å². The zero-order chi connectivity index (χ0) is 21.4. The Hall–Kier alpha value is -3.38. The molecule has 3 aromatic rings. The molecule has 1 amide bonds. The van der Waals surface area contributed by atoms with Crippen LogP contribution in [-0.2, 0) is 6.61 Å². The third-order valence-electron chi connectivity index (χ3n) is 3.85. The van der Waals surface area contributed by atoms with Crippen molar-refractivity contribution in [3.8, 4) is 5.75 Å². The van der Waals surface area contributed by atoms with E-state index < -0.39 is 11.9 Å². The van der Waals surface area contributed by atoms with E-state index in [0.717, 1.165) is 5.56 Å². The minimum Gasteiger partial charge on any atom is -0.488 e. The third-order valence-corrected chi connectivity index (χ3v) is 4.08. The molecule has 3 aromatic carbocycles. The molecule has 3 rings (SSSR count). The fourth-order valence-electron chi connectivity index (χ4n) is 2.29. The van der Waals surface area contributed by atoms with E-state index in [1.165, 1.54) is 18.2 Å². The highest BCUT2D eigenvalue weighted by atomic mass is 35.5. The number of halogens is 2. The lowest BCUT2D eigenvalue weighted by atomic mass is 10.2. The molecule has 0 saturated carbocycles. The molecule has 0 saturated heterocycles. The normalized spacial score (nSPS) is 9.90. The van der Waals surface area contributed by atoms with Crippen LogP contribution in [0.1, 0.15) is 31.8 Å². The molecule has 0 aliphatic carbocycles. The van der Waals surface area contributed by atoms with Crippen LogP contribution < -0.4 is 10.5 Å². The van der Waals surface area contributed by atoms with E-state index in [9.17, 15) is 14.0 Å². The van der Waals surface area contributed by atoms with Crippen molar-refractivity contribution in [1.29, 1.82) is 0 Å². The summed E-state index contributed by atoms with van der Waals surface area (Å²) in [5.41, 5.74) is 7.21. The van der Waals surface area contributed by atoms with Gasteiger partial charge < -0.3 is 15.6 Å². The van der Waals surface area contributed by atoms with Gasteiger partial charge in [0.05, 0.1) is 11.1 Å². The average Bonchev–Trinajstić information content (AvgIpc) is 2.69. The van der Waals surface area contributed by atoms with Gasteiger partial charge in [-0.2, -0.15) is 0 Å². The summed E-state index contributed by atoms with van der Waals surface area (Å²) in [4.78, 5) is 21.6. The van der Waals surface area contributed by atoms with Crippen molar-refractivity contribution in [1.82, 2.24) is 0 Å². The van der Waals surface area contributed by atoms with E-state index in [-0.39, 0.29) is 23.7 Å². The van der Waals surface area contributed by atoms with Crippen molar-refractivity contribution in [3.63, 3.8) is 0 Å². The second kappa shape index (κ2) is 10.2. The number of carboxylic acid groups (broad SMARTS) is 1. The van der Waals surface area contributed by atoms with E-state index >= 15 is 0 Å². The number of carbonyl (C=O) groups is 2. The summed E-state index contributed by atoms with van der Waals surface area (Å²) in [5, 5.41) is 8.86. The topological polar surface area (TPSA) is 89.6 Å². The largest absolute Gasteiger partial charge is 0.488 e.